The van der Waals surface area contributed by atoms with Gasteiger partial charge in [-0.25, -0.2) is 4.98 Å². The van der Waals surface area contributed by atoms with Gasteiger partial charge in [0.25, 0.3) is 0 Å². The highest BCUT2D eigenvalue weighted by molar-refractivity contribution is 5.76. The highest BCUT2D eigenvalue weighted by Gasteiger charge is 2.28. The van der Waals surface area contributed by atoms with Gasteiger partial charge in [0, 0.05) is 50.0 Å². The molecule has 28 heavy (non-hydrogen) atoms. The van der Waals surface area contributed by atoms with E-state index in [2.05, 4.69) is 20.1 Å². The van der Waals surface area contributed by atoms with Gasteiger partial charge >= 0.3 is 0 Å². The summed E-state index contributed by atoms with van der Waals surface area (Å²) in [4.78, 5) is 27.7. The van der Waals surface area contributed by atoms with Gasteiger partial charge in [0.05, 0.1) is 5.69 Å². The second-order valence-electron chi connectivity index (χ2n) is 6.82. The number of nitrogens with zero attached hydrogens (tertiary/aromatic N) is 6. The van der Waals surface area contributed by atoms with Crippen molar-refractivity contribution in [2.45, 2.75) is 32.2 Å². The molecule has 1 aliphatic rings. The standard InChI is InChI=1S/C20H22N6O2/c1-15-17(6-2-7-21-15)28-20-19(22-9-10-23-20)16-5-3-11-25(13-16)18(27)14-26-12-4-8-24-26/h2,4,6-10,12,16H,3,5,11,13-14H2,1H3. The molecule has 0 radical (unpaired) electrons. The van der Waals surface area contributed by atoms with Crippen molar-refractivity contribution in [3.05, 3.63) is 60.6 Å². The molecular formula is C20H22N6O2. The number of ether oxygens (including phenoxy) is 1. The third-order valence-corrected chi connectivity index (χ3v) is 4.87. The molecule has 0 spiro atoms. The number of hydrogen-bond acceptors (Lipinski definition) is 6. The molecule has 4 heterocycles. The van der Waals surface area contributed by atoms with Gasteiger partial charge in [-0.15, -0.1) is 0 Å². The van der Waals surface area contributed by atoms with Gasteiger partial charge in [-0.1, -0.05) is 0 Å². The minimum absolute atomic E-state index is 0.0582. The van der Waals surface area contributed by atoms with Gasteiger partial charge in [-0.3, -0.25) is 19.4 Å². The van der Waals surface area contributed by atoms with E-state index in [4.69, 9.17) is 4.74 Å². The zero-order valence-electron chi connectivity index (χ0n) is 15.7. The largest absolute Gasteiger partial charge is 0.435 e. The van der Waals surface area contributed by atoms with E-state index in [0.29, 0.717) is 18.2 Å². The van der Waals surface area contributed by atoms with Crippen molar-refractivity contribution < 1.29 is 9.53 Å². The van der Waals surface area contributed by atoms with E-state index in [-0.39, 0.29) is 18.4 Å². The Bertz CT molecular complexity index is 943. The lowest BCUT2D eigenvalue weighted by atomic mass is 9.94. The predicted molar refractivity (Wildman–Crippen MR) is 102 cm³/mol. The van der Waals surface area contributed by atoms with Crippen LogP contribution in [-0.2, 0) is 11.3 Å². The number of aromatic nitrogens is 5. The highest BCUT2D eigenvalue weighted by Crippen LogP contribution is 2.33. The number of aryl methyl sites for hydroxylation is 1. The second-order valence-corrected chi connectivity index (χ2v) is 6.82. The Labute approximate surface area is 163 Å². The minimum Gasteiger partial charge on any atom is -0.435 e. The molecule has 1 aliphatic heterocycles. The molecule has 1 unspecified atom stereocenters. The Hall–Kier alpha value is -3.29. The molecule has 1 amide bonds. The van der Waals surface area contributed by atoms with Crippen LogP contribution < -0.4 is 4.74 Å². The molecule has 4 rings (SSSR count). The summed E-state index contributed by atoms with van der Waals surface area (Å²) in [5, 5.41) is 4.12. The summed E-state index contributed by atoms with van der Waals surface area (Å²) in [7, 11) is 0. The maximum absolute atomic E-state index is 12.7. The summed E-state index contributed by atoms with van der Waals surface area (Å²) in [6, 6.07) is 5.51. The maximum atomic E-state index is 12.7. The molecule has 3 aromatic rings. The van der Waals surface area contributed by atoms with Crippen LogP contribution in [0.4, 0.5) is 0 Å². The van der Waals surface area contributed by atoms with Crippen molar-refractivity contribution in [3.8, 4) is 11.6 Å². The summed E-state index contributed by atoms with van der Waals surface area (Å²) in [5.41, 5.74) is 1.57. The van der Waals surface area contributed by atoms with Crippen molar-refractivity contribution in [2.75, 3.05) is 13.1 Å². The molecule has 0 aromatic carbocycles. The van der Waals surface area contributed by atoms with Crippen LogP contribution >= 0.6 is 0 Å². The van der Waals surface area contributed by atoms with Crippen LogP contribution in [-0.4, -0.2) is 48.6 Å². The van der Waals surface area contributed by atoms with Crippen molar-refractivity contribution in [3.63, 3.8) is 0 Å². The van der Waals surface area contributed by atoms with Gasteiger partial charge in [-0.05, 0) is 38.0 Å². The topological polar surface area (TPSA) is 86.0 Å². The SMILES string of the molecule is Cc1ncccc1Oc1nccnc1C1CCCN(C(=O)Cn2cccn2)C1. The number of rotatable bonds is 5. The lowest BCUT2D eigenvalue weighted by molar-refractivity contribution is -0.133. The van der Waals surface area contributed by atoms with Crippen LogP contribution in [0.5, 0.6) is 11.6 Å². The molecule has 0 saturated carbocycles. The smallest absolute Gasteiger partial charge is 0.244 e. The van der Waals surface area contributed by atoms with Crippen LogP contribution in [0.15, 0.2) is 49.2 Å². The van der Waals surface area contributed by atoms with E-state index in [0.717, 1.165) is 30.8 Å². The quantitative estimate of drug-likeness (QED) is 0.678. The molecule has 3 aromatic heterocycles. The van der Waals surface area contributed by atoms with Crippen LogP contribution in [0.1, 0.15) is 30.1 Å². The Balaban J connectivity index is 1.51. The Morgan fingerprint density at radius 3 is 2.89 bits per heavy atom. The third-order valence-electron chi connectivity index (χ3n) is 4.87. The molecule has 1 saturated heterocycles. The Kier molecular flexibility index (Phi) is 5.27. The first-order valence-electron chi connectivity index (χ1n) is 9.36. The summed E-state index contributed by atoms with van der Waals surface area (Å²) in [5.74, 6) is 1.27. The Morgan fingerprint density at radius 2 is 2.07 bits per heavy atom. The normalized spacial score (nSPS) is 16.8. The maximum Gasteiger partial charge on any atom is 0.244 e. The summed E-state index contributed by atoms with van der Waals surface area (Å²) >= 11 is 0. The fourth-order valence-electron chi connectivity index (χ4n) is 3.44. The number of hydrogen-bond donors (Lipinski definition) is 0. The molecule has 8 heteroatoms. The fraction of sp³-hybridized carbons (Fsp3) is 0.350. The Morgan fingerprint density at radius 1 is 1.18 bits per heavy atom. The number of carbonyl (C=O) groups is 1. The molecule has 1 fully saturated rings. The van der Waals surface area contributed by atoms with E-state index in [1.165, 1.54) is 0 Å². The number of piperidine rings is 1. The molecule has 0 aliphatic carbocycles. The van der Waals surface area contributed by atoms with E-state index >= 15 is 0 Å². The highest BCUT2D eigenvalue weighted by atomic mass is 16.5. The van der Waals surface area contributed by atoms with E-state index in [9.17, 15) is 4.79 Å². The lowest BCUT2D eigenvalue weighted by Crippen LogP contribution is -2.41. The van der Waals surface area contributed by atoms with Crippen LogP contribution in [0, 0.1) is 6.92 Å². The second kappa shape index (κ2) is 8.16. The zero-order valence-corrected chi connectivity index (χ0v) is 15.7. The molecular weight excluding hydrogens is 356 g/mol. The van der Waals surface area contributed by atoms with Gasteiger partial charge in [0.15, 0.2) is 5.75 Å². The van der Waals surface area contributed by atoms with Gasteiger partial charge in [0.1, 0.15) is 12.2 Å². The minimum atomic E-state index is 0.0582. The van der Waals surface area contributed by atoms with Crippen molar-refractivity contribution in [1.82, 2.24) is 29.6 Å². The average molecular weight is 378 g/mol. The average Bonchev–Trinajstić information content (AvgIpc) is 3.23. The van der Waals surface area contributed by atoms with Crippen LogP contribution in [0.2, 0.25) is 0 Å². The van der Waals surface area contributed by atoms with E-state index in [1.807, 2.05) is 30.0 Å². The lowest BCUT2D eigenvalue weighted by Gasteiger charge is -2.32. The van der Waals surface area contributed by atoms with Gasteiger partial charge < -0.3 is 9.64 Å². The predicted octanol–water partition coefficient (Wildman–Crippen LogP) is 2.58. The van der Waals surface area contributed by atoms with Gasteiger partial charge in [0.2, 0.25) is 11.8 Å². The molecule has 8 nitrogen and oxygen atoms in total. The van der Waals surface area contributed by atoms with Crippen molar-refractivity contribution in [1.29, 1.82) is 0 Å². The molecule has 1 atom stereocenters. The van der Waals surface area contributed by atoms with E-state index < -0.39 is 0 Å². The number of likely N-dealkylation sites (tertiary alicyclic amines) is 1. The number of amides is 1. The van der Waals surface area contributed by atoms with Crippen molar-refractivity contribution in [2.24, 2.45) is 0 Å². The summed E-state index contributed by atoms with van der Waals surface area (Å²) in [6.45, 7) is 3.48. The first-order valence-corrected chi connectivity index (χ1v) is 9.36. The zero-order chi connectivity index (χ0) is 19.3. The summed E-state index contributed by atoms with van der Waals surface area (Å²) in [6.07, 6.45) is 10.3. The summed E-state index contributed by atoms with van der Waals surface area (Å²) < 4.78 is 7.67. The monoisotopic (exact) mass is 378 g/mol. The molecule has 0 N–H and O–H groups in total. The number of pyridine rings is 1. The first-order chi connectivity index (χ1) is 13.7. The molecule has 144 valence electrons. The number of carbonyl (C=O) groups excluding carboxylic acids is 1. The van der Waals surface area contributed by atoms with Crippen molar-refractivity contribution >= 4 is 5.91 Å². The third kappa shape index (κ3) is 4.00. The fourth-order valence-corrected chi connectivity index (χ4v) is 3.44. The van der Waals surface area contributed by atoms with Gasteiger partial charge in [-0.2, -0.15) is 5.10 Å². The van der Waals surface area contributed by atoms with Crippen LogP contribution in [0.3, 0.4) is 0 Å². The molecule has 0 bridgehead atoms. The van der Waals surface area contributed by atoms with E-state index in [1.54, 1.807) is 35.7 Å². The van der Waals surface area contributed by atoms with Crippen LogP contribution in [0.25, 0.3) is 0 Å². The first kappa shape index (κ1) is 18.1.